The van der Waals surface area contributed by atoms with Crippen LogP contribution in [0.1, 0.15) is 11.1 Å². The van der Waals surface area contributed by atoms with Gasteiger partial charge in [0.25, 0.3) is 6.02 Å². The van der Waals surface area contributed by atoms with Crippen LogP contribution < -0.4 is 20.5 Å². The fourth-order valence-corrected chi connectivity index (χ4v) is 3.76. The highest BCUT2D eigenvalue weighted by atomic mass is 16.5. The molecule has 5 rings (SSSR count). The Bertz CT molecular complexity index is 1100. The van der Waals surface area contributed by atoms with Crippen LogP contribution in [0.2, 0.25) is 0 Å². The van der Waals surface area contributed by atoms with Crippen molar-refractivity contribution in [2.45, 2.75) is 5.54 Å². The molecule has 0 fully saturated rings. The molecule has 0 amide bonds. The molecule has 6 heteroatoms. The van der Waals surface area contributed by atoms with Crippen LogP contribution in [0, 0.1) is 0 Å². The molecule has 0 radical (unpaired) electrons. The number of benzene rings is 3. The van der Waals surface area contributed by atoms with Crippen LogP contribution in [0.3, 0.4) is 0 Å². The summed E-state index contributed by atoms with van der Waals surface area (Å²) in [5, 5.41) is 3.41. The lowest BCUT2D eigenvalue weighted by Crippen LogP contribution is -2.31. The number of para-hydroxylation sites is 1. The van der Waals surface area contributed by atoms with Crippen molar-refractivity contribution in [3.05, 3.63) is 77.9 Å². The number of fused-ring (bicyclic) bond motifs is 4. The van der Waals surface area contributed by atoms with Gasteiger partial charge >= 0.3 is 0 Å². The largest absolute Gasteiger partial charge is 0.497 e. The van der Waals surface area contributed by atoms with E-state index in [-0.39, 0.29) is 6.02 Å². The molecule has 3 N–H and O–H groups in total. The second-order valence-electron chi connectivity index (χ2n) is 6.77. The number of hydrogen-bond acceptors (Lipinski definition) is 6. The summed E-state index contributed by atoms with van der Waals surface area (Å²) in [5.74, 6) is 2.31. The number of nitrogens with two attached hydrogens (primary N) is 1. The molecule has 1 atom stereocenters. The summed E-state index contributed by atoms with van der Waals surface area (Å²) < 4.78 is 17.0. The Kier molecular flexibility index (Phi) is 3.65. The van der Waals surface area contributed by atoms with E-state index in [1.165, 1.54) is 0 Å². The van der Waals surface area contributed by atoms with Crippen LogP contribution in [0.15, 0.2) is 71.7 Å². The standard InChI is InChI=1S/C22H19N3O3/c1-26-16-6-4-5-14(11-16)24-15-9-10-20-18(12-15)22(13-27-21(23)25-22)17-7-2-3-8-19(17)28-20/h2-12,24H,13H2,1H3,(H2,23,25). The third-order valence-corrected chi connectivity index (χ3v) is 5.07. The zero-order valence-electron chi connectivity index (χ0n) is 15.3. The minimum atomic E-state index is -0.708. The molecule has 0 bridgehead atoms. The molecule has 6 nitrogen and oxygen atoms in total. The van der Waals surface area contributed by atoms with E-state index in [4.69, 9.17) is 19.9 Å². The molecule has 3 aromatic carbocycles. The monoisotopic (exact) mass is 373 g/mol. The number of amidine groups is 1. The number of rotatable bonds is 3. The molecular formula is C22H19N3O3. The van der Waals surface area contributed by atoms with E-state index in [0.717, 1.165) is 39.8 Å². The second-order valence-corrected chi connectivity index (χ2v) is 6.77. The average molecular weight is 373 g/mol. The van der Waals surface area contributed by atoms with Gasteiger partial charge < -0.3 is 25.3 Å². The maximum Gasteiger partial charge on any atom is 0.283 e. The summed E-state index contributed by atoms with van der Waals surface area (Å²) >= 11 is 0. The van der Waals surface area contributed by atoms with Crippen LogP contribution in [0.5, 0.6) is 17.2 Å². The van der Waals surface area contributed by atoms with Crippen molar-refractivity contribution >= 4 is 17.4 Å². The molecule has 1 spiro atoms. The summed E-state index contributed by atoms with van der Waals surface area (Å²) in [6.07, 6.45) is 0. The molecule has 2 aliphatic heterocycles. The highest BCUT2D eigenvalue weighted by Gasteiger charge is 2.46. The normalized spacial score (nSPS) is 19.1. The van der Waals surface area contributed by atoms with Crippen molar-refractivity contribution in [1.82, 2.24) is 0 Å². The Morgan fingerprint density at radius 2 is 1.79 bits per heavy atom. The van der Waals surface area contributed by atoms with E-state index in [1.54, 1.807) is 7.11 Å². The Balaban J connectivity index is 1.60. The Hall–Kier alpha value is -3.67. The number of anilines is 2. The van der Waals surface area contributed by atoms with Crippen LogP contribution in [-0.4, -0.2) is 19.7 Å². The summed E-state index contributed by atoms with van der Waals surface area (Å²) in [7, 11) is 1.65. The molecule has 0 saturated heterocycles. The summed E-state index contributed by atoms with van der Waals surface area (Å²) in [4.78, 5) is 4.68. The first-order valence-electron chi connectivity index (χ1n) is 8.99. The summed E-state index contributed by atoms with van der Waals surface area (Å²) in [6.45, 7) is 0.342. The van der Waals surface area contributed by atoms with Gasteiger partial charge in [-0.2, -0.15) is 0 Å². The topological polar surface area (TPSA) is 78.1 Å². The third-order valence-electron chi connectivity index (χ3n) is 5.07. The quantitative estimate of drug-likeness (QED) is 0.722. The van der Waals surface area contributed by atoms with Gasteiger partial charge in [-0.1, -0.05) is 24.3 Å². The molecule has 3 aromatic rings. The lowest BCUT2D eigenvalue weighted by molar-refractivity contribution is 0.264. The number of aliphatic imine (C=N–C) groups is 1. The number of hydrogen-bond donors (Lipinski definition) is 2. The molecule has 0 saturated carbocycles. The van der Waals surface area contributed by atoms with E-state index in [1.807, 2.05) is 66.7 Å². The van der Waals surface area contributed by atoms with Crippen molar-refractivity contribution in [2.75, 3.05) is 19.0 Å². The first kappa shape index (κ1) is 16.5. The van der Waals surface area contributed by atoms with E-state index < -0.39 is 5.54 Å². The lowest BCUT2D eigenvalue weighted by atomic mass is 9.81. The van der Waals surface area contributed by atoms with Crippen LogP contribution in [-0.2, 0) is 10.3 Å². The Morgan fingerprint density at radius 3 is 2.61 bits per heavy atom. The predicted molar refractivity (Wildman–Crippen MR) is 108 cm³/mol. The molecule has 140 valence electrons. The Labute approximate surface area is 162 Å². The molecule has 28 heavy (non-hydrogen) atoms. The van der Waals surface area contributed by atoms with Gasteiger partial charge in [0.1, 0.15) is 23.9 Å². The second kappa shape index (κ2) is 6.20. The molecule has 2 heterocycles. The van der Waals surface area contributed by atoms with Gasteiger partial charge in [0.15, 0.2) is 5.54 Å². The van der Waals surface area contributed by atoms with Crippen molar-refractivity contribution in [3.8, 4) is 17.2 Å². The number of ether oxygens (including phenoxy) is 3. The first-order chi connectivity index (χ1) is 13.7. The lowest BCUT2D eigenvalue weighted by Gasteiger charge is -2.33. The minimum absolute atomic E-state index is 0.189. The highest BCUT2D eigenvalue weighted by molar-refractivity contribution is 5.77. The predicted octanol–water partition coefficient (Wildman–Crippen LogP) is 4.13. The van der Waals surface area contributed by atoms with Gasteiger partial charge in [0.05, 0.1) is 7.11 Å². The van der Waals surface area contributed by atoms with E-state index >= 15 is 0 Å². The van der Waals surface area contributed by atoms with Crippen LogP contribution >= 0.6 is 0 Å². The highest BCUT2D eigenvalue weighted by Crippen LogP contribution is 2.51. The third kappa shape index (κ3) is 2.53. The SMILES string of the molecule is COc1cccc(Nc2ccc3c(c2)C2(COC(N)=N2)c2ccccc2O3)c1. The zero-order valence-corrected chi connectivity index (χ0v) is 15.3. The Morgan fingerprint density at radius 1 is 0.964 bits per heavy atom. The number of nitrogens with one attached hydrogen (secondary N) is 1. The van der Waals surface area contributed by atoms with E-state index in [0.29, 0.717) is 6.61 Å². The summed E-state index contributed by atoms with van der Waals surface area (Å²) in [5.41, 5.74) is 8.90. The van der Waals surface area contributed by atoms with Crippen molar-refractivity contribution in [2.24, 2.45) is 10.7 Å². The van der Waals surface area contributed by atoms with Crippen molar-refractivity contribution in [1.29, 1.82) is 0 Å². The number of methoxy groups -OCH3 is 1. The maximum atomic E-state index is 6.13. The van der Waals surface area contributed by atoms with Crippen LogP contribution in [0.4, 0.5) is 11.4 Å². The van der Waals surface area contributed by atoms with Gasteiger partial charge in [0, 0.05) is 28.6 Å². The van der Waals surface area contributed by atoms with Gasteiger partial charge in [-0.15, -0.1) is 0 Å². The van der Waals surface area contributed by atoms with E-state index in [2.05, 4.69) is 10.3 Å². The molecule has 1 unspecified atom stereocenters. The first-order valence-corrected chi connectivity index (χ1v) is 8.99. The fourth-order valence-electron chi connectivity index (χ4n) is 3.76. The van der Waals surface area contributed by atoms with Gasteiger partial charge in [-0.05, 0) is 36.4 Å². The molecule has 0 aliphatic carbocycles. The van der Waals surface area contributed by atoms with Crippen molar-refractivity contribution < 1.29 is 14.2 Å². The van der Waals surface area contributed by atoms with Gasteiger partial charge in [0.2, 0.25) is 0 Å². The maximum absolute atomic E-state index is 6.13. The zero-order chi connectivity index (χ0) is 19.1. The minimum Gasteiger partial charge on any atom is -0.497 e. The van der Waals surface area contributed by atoms with Crippen LogP contribution in [0.25, 0.3) is 0 Å². The molecular weight excluding hydrogens is 354 g/mol. The smallest absolute Gasteiger partial charge is 0.283 e. The molecule has 0 aromatic heterocycles. The fraction of sp³-hybridized carbons (Fsp3) is 0.136. The van der Waals surface area contributed by atoms with Gasteiger partial charge in [-0.25, -0.2) is 4.99 Å². The van der Waals surface area contributed by atoms with E-state index in [9.17, 15) is 0 Å². The van der Waals surface area contributed by atoms with Gasteiger partial charge in [-0.3, -0.25) is 0 Å². The average Bonchev–Trinajstić information content (AvgIpc) is 3.11. The summed E-state index contributed by atoms with van der Waals surface area (Å²) in [6, 6.07) is 21.8. The number of nitrogens with zero attached hydrogens (tertiary/aromatic N) is 1. The van der Waals surface area contributed by atoms with Crippen molar-refractivity contribution in [3.63, 3.8) is 0 Å². The molecule has 2 aliphatic rings.